The number of amidine groups is 1. The summed E-state index contributed by atoms with van der Waals surface area (Å²) in [5, 5.41) is 11.6. The first-order chi connectivity index (χ1) is 8.15. The van der Waals surface area contributed by atoms with Crippen molar-refractivity contribution < 1.29 is 9.94 Å². The summed E-state index contributed by atoms with van der Waals surface area (Å²) in [6, 6.07) is 3.42. The van der Waals surface area contributed by atoms with Crippen LogP contribution < -0.4 is 10.5 Å². The van der Waals surface area contributed by atoms with Crippen LogP contribution in [0.3, 0.4) is 0 Å². The Morgan fingerprint density at radius 3 is 3.00 bits per heavy atom. The van der Waals surface area contributed by atoms with Crippen LogP contribution in [0.5, 0.6) is 5.88 Å². The number of nitrogens with two attached hydrogens (primary N) is 1. The summed E-state index contributed by atoms with van der Waals surface area (Å²) in [4.78, 5) is 4.07. The molecule has 0 radical (unpaired) electrons. The Balaban J connectivity index is 2.58. The zero-order chi connectivity index (χ0) is 12.7. The second-order valence-electron chi connectivity index (χ2n) is 4.23. The van der Waals surface area contributed by atoms with Gasteiger partial charge in [0.15, 0.2) is 5.84 Å². The van der Waals surface area contributed by atoms with Gasteiger partial charge < -0.3 is 15.7 Å². The van der Waals surface area contributed by atoms with Crippen LogP contribution in [-0.2, 0) is 0 Å². The normalized spacial score (nSPS) is 11.8. The van der Waals surface area contributed by atoms with Crippen LogP contribution >= 0.6 is 0 Å². The predicted molar refractivity (Wildman–Crippen MR) is 66.3 cm³/mol. The maximum absolute atomic E-state index is 8.64. The number of rotatable bonds is 6. The molecule has 0 aromatic carbocycles. The van der Waals surface area contributed by atoms with E-state index >= 15 is 0 Å². The van der Waals surface area contributed by atoms with Crippen molar-refractivity contribution in [2.24, 2.45) is 16.8 Å². The molecule has 1 rings (SSSR count). The van der Waals surface area contributed by atoms with E-state index in [0.717, 1.165) is 12.8 Å². The molecule has 0 saturated carbocycles. The lowest BCUT2D eigenvalue weighted by molar-refractivity contribution is 0.285. The van der Waals surface area contributed by atoms with Crippen molar-refractivity contribution in [2.75, 3.05) is 6.61 Å². The van der Waals surface area contributed by atoms with E-state index in [0.29, 0.717) is 24.0 Å². The second kappa shape index (κ2) is 6.73. The zero-order valence-electron chi connectivity index (χ0n) is 10.3. The third-order valence-electron chi connectivity index (χ3n) is 2.32. The molecule has 1 aromatic heterocycles. The smallest absolute Gasteiger partial charge is 0.224 e. The van der Waals surface area contributed by atoms with Crippen LogP contribution in [0.15, 0.2) is 23.5 Å². The van der Waals surface area contributed by atoms with Crippen molar-refractivity contribution in [3.8, 4) is 5.88 Å². The summed E-state index contributed by atoms with van der Waals surface area (Å²) in [7, 11) is 0. The molecule has 1 aromatic rings. The van der Waals surface area contributed by atoms with Gasteiger partial charge in [-0.05, 0) is 30.9 Å². The number of oxime groups is 1. The van der Waals surface area contributed by atoms with Crippen LogP contribution in [0.1, 0.15) is 32.3 Å². The average Bonchev–Trinajstić information content (AvgIpc) is 2.34. The first kappa shape index (κ1) is 13.3. The molecular weight excluding hydrogens is 218 g/mol. The minimum Gasteiger partial charge on any atom is -0.477 e. The Bertz CT molecular complexity index is 378. The van der Waals surface area contributed by atoms with E-state index in [4.69, 9.17) is 15.7 Å². The van der Waals surface area contributed by atoms with Gasteiger partial charge in [0.05, 0.1) is 12.2 Å². The van der Waals surface area contributed by atoms with Crippen molar-refractivity contribution >= 4 is 5.84 Å². The van der Waals surface area contributed by atoms with E-state index in [9.17, 15) is 0 Å². The second-order valence-corrected chi connectivity index (χ2v) is 4.23. The number of hydrogen-bond acceptors (Lipinski definition) is 4. The summed E-state index contributed by atoms with van der Waals surface area (Å²) in [5.74, 6) is 1.08. The summed E-state index contributed by atoms with van der Waals surface area (Å²) >= 11 is 0. The van der Waals surface area contributed by atoms with E-state index in [2.05, 4.69) is 24.0 Å². The highest BCUT2D eigenvalue weighted by molar-refractivity contribution is 5.98. The van der Waals surface area contributed by atoms with Crippen LogP contribution in [0.2, 0.25) is 0 Å². The molecule has 94 valence electrons. The Labute approximate surface area is 101 Å². The van der Waals surface area contributed by atoms with Gasteiger partial charge in [0, 0.05) is 6.20 Å². The fraction of sp³-hybridized carbons (Fsp3) is 0.500. The lowest BCUT2D eigenvalue weighted by Gasteiger charge is -2.09. The van der Waals surface area contributed by atoms with Crippen molar-refractivity contribution in [2.45, 2.75) is 26.7 Å². The minimum absolute atomic E-state index is 0.0111. The van der Waals surface area contributed by atoms with Gasteiger partial charge >= 0.3 is 0 Å². The van der Waals surface area contributed by atoms with E-state index < -0.39 is 0 Å². The fourth-order valence-corrected chi connectivity index (χ4v) is 1.42. The molecule has 3 N–H and O–H groups in total. The maximum atomic E-state index is 8.64. The lowest BCUT2D eigenvalue weighted by Crippen LogP contribution is -2.16. The maximum Gasteiger partial charge on any atom is 0.224 e. The van der Waals surface area contributed by atoms with Gasteiger partial charge in [-0.15, -0.1) is 0 Å². The number of nitrogens with zero attached hydrogens (tertiary/aromatic N) is 2. The first-order valence-corrected chi connectivity index (χ1v) is 5.71. The van der Waals surface area contributed by atoms with Crippen molar-refractivity contribution in [1.82, 2.24) is 4.98 Å². The van der Waals surface area contributed by atoms with E-state index in [1.54, 1.807) is 18.3 Å². The van der Waals surface area contributed by atoms with Gasteiger partial charge in [0.1, 0.15) is 0 Å². The molecule has 5 nitrogen and oxygen atoms in total. The molecule has 0 fully saturated rings. The Morgan fingerprint density at radius 2 is 2.35 bits per heavy atom. The van der Waals surface area contributed by atoms with Gasteiger partial charge in [-0.2, -0.15) is 0 Å². The van der Waals surface area contributed by atoms with Gasteiger partial charge in [-0.25, -0.2) is 4.98 Å². The molecule has 0 saturated heterocycles. The van der Waals surface area contributed by atoms with E-state index in [1.807, 2.05) is 0 Å². The molecule has 0 aliphatic rings. The van der Waals surface area contributed by atoms with Crippen LogP contribution in [0.4, 0.5) is 0 Å². The fourth-order valence-electron chi connectivity index (χ4n) is 1.42. The number of ether oxygens (including phenoxy) is 1. The molecule has 0 atom stereocenters. The molecule has 0 bridgehead atoms. The predicted octanol–water partition coefficient (Wildman–Crippen LogP) is 1.99. The summed E-state index contributed by atoms with van der Waals surface area (Å²) in [6.45, 7) is 4.92. The van der Waals surface area contributed by atoms with Gasteiger partial charge in [0.25, 0.3) is 0 Å². The highest BCUT2D eigenvalue weighted by Gasteiger charge is 2.08. The SMILES string of the molecule is CC(C)CCCOc1ncccc1/C(N)=N/O. The molecular formula is C12H19N3O2. The van der Waals surface area contributed by atoms with Crippen LogP contribution in [-0.4, -0.2) is 22.6 Å². The van der Waals surface area contributed by atoms with Crippen molar-refractivity contribution in [3.63, 3.8) is 0 Å². The number of aromatic nitrogens is 1. The zero-order valence-corrected chi connectivity index (χ0v) is 10.3. The van der Waals surface area contributed by atoms with Gasteiger partial charge in [0.2, 0.25) is 5.88 Å². The van der Waals surface area contributed by atoms with E-state index in [1.165, 1.54) is 0 Å². The minimum atomic E-state index is 0.0111. The molecule has 1 heterocycles. The Kier molecular flexibility index (Phi) is 5.26. The molecule has 0 spiro atoms. The highest BCUT2D eigenvalue weighted by Crippen LogP contribution is 2.14. The van der Waals surface area contributed by atoms with Gasteiger partial charge in [-0.3, -0.25) is 0 Å². The summed E-state index contributed by atoms with van der Waals surface area (Å²) < 4.78 is 5.53. The number of hydrogen-bond donors (Lipinski definition) is 2. The Morgan fingerprint density at radius 1 is 1.59 bits per heavy atom. The molecule has 0 unspecified atom stereocenters. The number of pyridine rings is 1. The first-order valence-electron chi connectivity index (χ1n) is 5.71. The highest BCUT2D eigenvalue weighted by atomic mass is 16.5. The third-order valence-corrected chi connectivity index (χ3v) is 2.32. The third kappa shape index (κ3) is 4.30. The average molecular weight is 237 g/mol. The van der Waals surface area contributed by atoms with Crippen LogP contribution in [0, 0.1) is 5.92 Å². The molecule has 0 amide bonds. The van der Waals surface area contributed by atoms with Crippen molar-refractivity contribution in [1.29, 1.82) is 0 Å². The lowest BCUT2D eigenvalue weighted by atomic mass is 10.1. The molecule has 5 heteroatoms. The summed E-state index contributed by atoms with van der Waals surface area (Å²) in [5.41, 5.74) is 6.04. The van der Waals surface area contributed by atoms with Gasteiger partial charge in [-0.1, -0.05) is 19.0 Å². The monoisotopic (exact) mass is 237 g/mol. The quantitative estimate of drug-likeness (QED) is 0.261. The molecule has 0 aliphatic carbocycles. The Hall–Kier alpha value is -1.78. The molecule has 17 heavy (non-hydrogen) atoms. The van der Waals surface area contributed by atoms with Crippen molar-refractivity contribution in [3.05, 3.63) is 23.9 Å². The van der Waals surface area contributed by atoms with E-state index in [-0.39, 0.29) is 5.84 Å². The standard InChI is InChI=1S/C12H19N3O2/c1-9(2)5-4-8-17-12-10(11(13)15-16)6-3-7-14-12/h3,6-7,9,16H,4-5,8H2,1-2H3,(H2,13,15). The largest absolute Gasteiger partial charge is 0.477 e. The summed E-state index contributed by atoms with van der Waals surface area (Å²) in [6.07, 6.45) is 3.68. The van der Waals surface area contributed by atoms with Crippen LogP contribution in [0.25, 0.3) is 0 Å². The molecule has 0 aliphatic heterocycles. The topological polar surface area (TPSA) is 80.7 Å².